The Balaban J connectivity index is 2.16. The quantitative estimate of drug-likeness (QED) is 0.614. The Morgan fingerprint density at radius 3 is 2.68 bits per heavy atom. The predicted octanol–water partition coefficient (Wildman–Crippen LogP) is 4.24. The Bertz CT molecular complexity index is 618. The molecule has 0 saturated heterocycles. The van der Waals surface area contributed by atoms with Crippen LogP contribution in [0.5, 0.6) is 5.75 Å². The van der Waals surface area contributed by atoms with E-state index in [4.69, 9.17) is 16.3 Å². The van der Waals surface area contributed by atoms with Gasteiger partial charge in [-0.1, -0.05) is 41.9 Å². The van der Waals surface area contributed by atoms with E-state index in [1.807, 2.05) is 24.3 Å². The van der Waals surface area contributed by atoms with Crippen LogP contribution in [-0.2, 0) is 0 Å². The molecule has 0 N–H and O–H groups in total. The first kappa shape index (κ1) is 13.4. The first-order chi connectivity index (χ1) is 9.19. The van der Waals surface area contributed by atoms with Crippen molar-refractivity contribution in [3.63, 3.8) is 0 Å². The summed E-state index contributed by atoms with van der Waals surface area (Å²) in [5.74, 6) is 0.683. The van der Waals surface area contributed by atoms with Crippen LogP contribution < -0.4 is 4.74 Å². The molecule has 2 aromatic rings. The average molecular weight is 273 g/mol. The third kappa shape index (κ3) is 3.70. The van der Waals surface area contributed by atoms with E-state index in [1.165, 1.54) is 6.08 Å². The van der Waals surface area contributed by atoms with Crippen molar-refractivity contribution in [3.05, 3.63) is 70.8 Å². The van der Waals surface area contributed by atoms with Crippen molar-refractivity contribution in [2.45, 2.75) is 0 Å². The van der Waals surface area contributed by atoms with Gasteiger partial charge in [0.15, 0.2) is 5.78 Å². The summed E-state index contributed by atoms with van der Waals surface area (Å²) in [6.07, 6.45) is 3.28. The van der Waals surface area contributed by atoms with Gasteiger partial charge in [-0.15, -0.1) is 0 Å². The lowest BCUT2D eigenvalue weighted by Crippen LogP contribution is -1.93. The fraction of sp³-hybridized carbons (Fsp3) is 0.0625. The highest BCUT2D eigenvalue weighted by molar-refractivity contribution is 6.31. The first-order valence-corrected chi connectivity index (χ1v) is 6.19. The van der Waals surface area contributed by atoms with Crippen molar-refractivity contribution in [1.29, 1.82) is 0 Å². The highest BCUT2D eigenvalue weighted by Crippen LogP contribution is 2.15. The minimum absolute atomic E-state index is 0.0784. The molecule has 0 aliphatic heterocycles. The molecule has 0 heterocycles. The van der Waals surface area contributed by atoms with Gasteiger partial charge in [0.25, 0.3) is 0 Å². The number of carbonyl (C=O) groups excluding carboxylic acids is 1. The van der Waals surface area contributed by atoms with Gasteiger partial charge >= 0.3 is 0 Å². The molecule has 2 nitrogen and oxygen atoms in total. The summed E-state index contributed by atoms with van der Waals surface area (Å²) < 4.78 is 5.13. The van der Waals surface area contributed by atoms with Crippen LogP contribution >= 0.6 is 11.6 Å². The number of ketones is 1. The van der Waals surface area contributed by atoms with Gasteiger partial charge in [-0.2, -0.15) is 0 Å². The summed E-state index contributed by atoms with van der Waals surface area (Å²) in [6.45, 7) is 0. The second kappa shape index (κ2) is 6.21. The van der Waals surface area contributed by atoms with Crippen LogP contribution in [0.25, 0.3) is 6.08 Å². The van der Waals surface area contributed by atoms with Crippen LogP contribution in [0.2, 0.25) is 5.02 Å². The number of carbonyl (C=O) groups is 1. The lowest BCUT2D eigenvalue weighted by atomic mass is 10.1. The SMILES string of the molecule is COc1cccc(/C=C/C(=O)c2cccc(Cl)c2)c1. The largest absolute Gasteiger partial charge is 0.497 e. The summed E-state index contributed by atoms with van der Waals surface area (Å²) in [5.41, 5.74) is 1.49. The van der Waals surface area contributed by atoms with Crippen LogP contribution in [0.15, 0.2) is 54.6 Å². The van der Waals surface area contributed by atoms with E-state index in [0.717, 1.165) is 11.3 Å². The van der Waals surface area contributed by atoms with Crippen molar-refractivity contribution in [3.8, 4) is 5.75 Å². The summed E-state index contributed by atoms with van der Waals surface area (Å²) >= 11 is 5.85. The molecule has 0 aliphatic rings. The Labute approximate surface area is 117 Å². The molecule has 2 rings (SSSR count). The normalized spacial score (nSPS) is 10.6. The molecular formula is C16H13ClO2. The van der Waals surface area contributed by atoms with Gasteiger partial charge < -0.3 is 4.74 Å². The molecule has 2 aromatic carbocycles. The van der Waals surface area contributed by atoms with Gasteiger partial charge in [-0.05, 0) is 35.9 Å². The Kier molecular flexibility index (Phi) is 4.37. The average Bonchev–Trinajstić information content (AvgIpc) is 2.45. The molecule has 0 unspecified atom stereocenters. The van der Waals surface area contributed by atoms with E-state index in [9.17, 15) is 4.79 Å². The van der Waals surface area contributed by atoms with Crippen molar-refractivity contribution in [2.75, 3.05) is 7.11 Å². The van der Waals surface area contributed by atoms with Crippen molar-refractivity contribution >= 4 is 23.5 Å². The highest BCUT2D eigenvalue weighted by atomic mass is 35.5. The standard InChI is InChI=1S/C16H13ClO2/c1-19-15-7-2-4-12(10-15)8-9-16(18)13-5-3-6-14(17)11-13/h2-11H,1H3/b9-8+. The number of methoxy groups -OCH3 is 1. The number of hydrogen-bond acceptors (Lipinski definition) is 2. The lowest BCUT2D eigenvalue weighted by molar-refractivity contribution is 0.104. The maximum Gasteiger partial charge on any atom is 0.185 e. The van der Waals surface area contributed by atoms with Crippen LogP contribution in [0.1, 0.15) is 15.9 Å². The molecule has 96 valence electrons. The van der Waals surface area contributed by atoms with Gasteiger partial charge in [-0.25, -0.2) is 0 Å². The Morgan fingerprint density at radius 2 is 1.95 bits per heavy atom. The number of rotatable bonds is 4. The fourth-order valence-electron chi connectivity index (χ4n) is 1.66. The highest BCUT2D eigenvalue weighted by Gasteiger charge is 2.01. The van der Waals surface area contributed by atoms with Gasteiger partial charge in [0.1, 0.15) is 5.75 Å². The molecule has 0 radical (unpaired) electrons. The Morgan fingerprint density at radius 1 is 1.16 bits per heavy atom. The summed E-state index contributed by atoms with van der Waals surface area (Å²) in [4.78, 5) is 11.9. The van der Waals surface area contributed by atoms with Crippen LogP contribution in [0, 0.1) is 0 Å². The number of benzene rings is 2. The summed E-state index contributed by atoms with van der Waals surface area (Å²) in [5, 5.41) is 0.556. The molecule has 0 aliphatic carbocycles. The van der Waals surface area contributed by atoms with Gasteiger partial charge in [0.2, 0.25) is 0 Å². The lowest BCUT2D eigenvalue weighted by Gasteiger charge is -2.00. The number of ether oxygens (including phenoxy) is 1. The maximum absolute atomic E-state index is 11.9. The molecule has 0 fully saturated rings. The molecule has 0 aromatic heterocycles. The van der Waals surface area contributed by atoms with E-state index in [0.29, 0.717) is 10.6 Å². The van der Waals surface area contributed by atoms with Crippen molar-refractivity contribution in [2.24, 2.45) is 0 Å². The third-order valence-corrected chi connectivity index (χ3v) is 2.87. The molecule has 0 amide bonds. The van der Waals surface area contributed by atoms with Crippen molar-refractivity contribution < 1.29 is 9.53 Å². The molecular weight excluding hydrogens is 260 g/mol. The second-order valence-electron chi connectivity index (χ2n) is 3.98. The molecule has 19 heavy (non-hydrogen) atoms. The maximum atomic E-state index is 11.9. The molecule has 0 spiro atoms. The van der Waals surface area contributed by atoms with E-state index in [1.54, 1.807) is 37.5 Å². The monoisotopic (exact) mass is 272 g/mol. The van der Waals surface area contributed by atoms with E-state index >= 15 is 0 Å². The zero-order valence-corrected chi connectivity index (χ0v) is 11.2. The minimum Gasteiger partial charge on any atom is -0.497 e. The topological polar surface area (TPSA) is 26.3 Å². The van der Waals surface area contributed by atoms with Crippen molar-refractivity contribution in [1.82, 2.24) is 0 Å². The predicted molar refractivity (Wildman–Crippen MR) is 77.8 cm³/mol. The zero-order chi connectivity index (χ0) is 13.7. The second-order valence-corrected chi connectivity index (χ2v) is 4.42. The third-order valence-electron chi connectivity index (χ3n) is 2.63. The molecule has 0 atom stereocenters. The van der Waals surface area contributed by atoms with Gasteiger partial charge in [0.05, 0.1) is 7.11 Å². The van der Waals surface area contributed by atoms with E-state index in [2.05, 4.69) is 0 Å². The smallest absolute Gasteiger partial charge is 0.185 e. The Hall–Kier alpha value is -2.06. The van der Waals surface area contributed by atoms with Crippen LogP contribution in [0.3, 0.4) is 0 Å². The van der Waals surface area contributed by atoms with Crippen LogP contribution in [0.4, 0.5) is 0 Å². The number of halogens is 1. The minimum atomic E-state index is -0.0784. The number of allylic oxidation sites excluding steroid dienone is 1. The molecule has 3 heteroatoms. The molecule has 0 bridgehead atoms. The molecule has 0 saturated carbocycles. The zero-order valence-electron chi connectivity index (χ0n) is 10.5. The fourth-order valence-corrected chi connectivity index (χ4v) is 1.85. The summed E-state index contributed by atoms with van der Waals surface area (Å²) in [6, 6.07) is 14.4. The van der Waals surface area contributed by atoms with E-state index < -0.39 is 0 Å². The number of hydrogen-bond donors (Lipinski definition) is 0. The van der Waals surface area contributed by atoms with Crippen LogP contribution in [-0.4, -0.2) is 12.9 Å². The summed E-state index contributed by atoms with van der Waals surface area (Å²) in [7, 11) is 1.61. The first-order valence-electron chi connectivity index (χ1n) is 5.81. The van der Waals surface area contributed by atoms with Gasteiger partial charge in [-0.3, -0.25) is 4.79 Å². The van der Waals surface area contributed by atoms with E-state index in [-0.39, 0.29) is 5.78 Å². The van der Waals surface area contributed by atoms with Gasteiger partial charge in [0, 0.05) is 10.6 Å².